The molecule has 1 fully saturated rings. The molecule has 2 heterocycles. The first-order chi connectivity index (χ1) is 10.0. The number of nitrogens with zero attached hydrogens (tertiary/aromatic N) is 3. The fraction of sp³-hybridized carbons (Fsp3) is 0.500. The lowest BCUT2D eigenvalue weighted by Crippen LogP contribution is -2.50. The molecule has 0 aliphatic carbocycles. The van der Waals surface area contributed by atoms with Gasteiger partial charge in [-0.3, -0.25) is 9.88 Å². The van der Waals surface area contributed by atoms with Gasteiger partial charge in [0, 0.05) is 31.7 Å². The summed E-state index contributed by atoms with van der Waals surface area (Å²) in [5, 5.41) is 9.10. The third-order valence-corrected chi connectivity index (χ3v) is 4.76. The molecule has 0 bridgehead atoms. The highest BCUT2D eigenvalue weighted by atomic mass is 32.2. The van der Waals surface area contributed by atoms with Crippen molar-refractivity contribution in [2.75, 3.05) is 19.3 Å². The zero-order valence-corrected chi connectivity index (χ0v) is 12.9. The number of aromatic nitrogens is 1. The molecule has 2 amide bonds. The summed E-state index contributed by atoms with van der Waals surface area (Å²) in [4.78, 5) is 30.7. The summed E-state index contributed by atoms with van der Waals surface area (Å²) < 4.78 is 0. The maximum Gasteiger partial charge on any atom is 0.327 e. The molecular formula is C14H19N3O3S. The number of carboxylic acid groups (broad SMARTS) is 1. The highest BCUT2D eigenvalue weighted by Crippen LogP contribution is 2.29. The number of carbonyl (C=O) groups is 2. The van der Waals surface area contributed by atoms with Crippen molar-refractivity contribution in [3.05, 3.63) is 30.1 Å². The van der Waals surface area contributed by atoms with Gasteiger partial charge in [-0.05, 0) is 31.0 Å². The van der Waals surface area contributed by atoms with Crippen LogP contribution in [0.1, 0.15) is 12.5 Å². The Morgan fingerprint density at radius 2 is 2.14 bits per heavy atom. The Labute approximate surface area is 128 Å². The zero-order valence-electron chi connectivity index (χ0n) is 12.1. The van der Waals surface area contributed by atoms with Gasteiger partial charge in [0.25, 0.3) is 0 Å². The first-order valence-corrected chi connectivity index (χ1v) is 7.82. The van der Waals surface area contributed by atoms with Crippen LogP contribution in [0.3, 0.4) is 0 Å². The van der Waals surface area contributed by atoms with E-state index in [1.165, 1.54) is 16.7 Å². The Kier molecular flexibility index (Phi) is 5.06. The molecule has 1 aromatic rings. The lowest BCUT2D eigenvalue weighted by Gasteiger charge is -2.30. The van der Waals surface area contributed by atoms with E-state index in [9.17, 15) is 14.7 Å². The second-order valence-corrected chi connectivity index (χ2v) is 6.35. The zero-order chi connectivity index (χ0) is 15.4. The summed E-state index contributed by atoms with van der Waals surface area (Å²) in [6, 6.07) is 2.86. The van der Waals surface area contributed by atoms with Crippen LogP contribution in [0.15, 0.2) is 24.5 Å². The minimum Gasteiger partial charge on any atom is -0.480 e. The van der Waals surface area contributed by atoms with Crippen LogP contribution in [0.25, 0.3) is 0 Å². The molecule has 2 rings (SSSR count). The lowest BCUT2D eigenvalue weighted by atomic mass is 10.2. The van der Waals surface area contributed by atoms with Crippen LogP contribution in [0.2, 0.25) is 0 Å². The van der Waals surface area contributed by atoms with Crippen LogP contribution in [-0.4, -0.2) is 62.7 Å². The minimum absolute atomic E-state index is 0.109. The summed E-state index contributed by atoms with van der Waals surface area (Å²) in [6.07, 6.45) is 4.16. The van der Waals surface area contributed by atoms with Gasteiger partial charge in [-0.1, -0.05) is 0 Å². The molecule has 0 spiro atoms. The van der Waals surface area contributed by atoms with E-state index in [1.807, 2.05) is 19.1 Å². The van der Waals surface area contributed by atoms with Gasteiger partial charge in [-0.15, -0.1) is 11.8 Å². The van der Waals surface area contributed by atoms with Gasteiger partial charge in [-0.2, -0.15) is 0 Å². The number of carbonyl (C=O) groups excluding carboxylic acids is 1. The van der Waals surface area contributed by atoms with Crippen molar-refractivity contribution >= 4 is 23.8 Å². The topological polar surface area (TPSA) is 73.7 Å². The molecule has 114 valence electrons. The maximum atomic E-state index is 12.5. The average molecular weight is 309 g/mol. The predicted octanol–water partition coefficient (Wildman–Crippen LogP) is 1.52. The summed E-state index contributed by atoms with van der Waals surface area (Å²) in [6.45, 7) is 2.41. The van der Waals surface area contributed by atoms with Gasteiger partial charge >= 0.3 is 12.0 Å². The van der Waals surface area contributed by atoms with Crippen molar-refractivity contribution in [2.24, 2.45) is 0 Å². The fourth-order valence-corrected chi connectivity index (χ4v) is 3.42. The molecule has 0 saturated carbocycles. The van der Waals surface area contributed by atoms with E-state index in [4.69, 9.17) is 0 Å². The van der Waals surface area contributed by atoms with Crippen LogP contribution < -0.4 is 0 Å². The monoisotopic (exact) mass is 309 g/mol. The Balaban J connectivity index is 1.96. The molecule has 2 atom stereocenters. The highest BCUT2D eigenvalue weighted by molar-refractivity contribution is 8.00. The van der Waals surface area contributed by atoms with Crippen LogP contribution >= 0.6 is 11.8 Å². The Bertz CT molecular complexity index is 511. The standard InChI is InChI=1S/C14H19N3O3S/c1-10-17(12(9-21-10)13(18)19)14(20)16(2)8-5-11-3-6-15-7-4-11/h3-4,6-7,10,12H,5,8-9H2,1-2H3,(H,18,19). The smallest absolute Gasteiger partial charge is 0.327 e. The summed E-state index contributed by atoms with van der Waals surface area (Å²) in [7, 11) is 1.71. The Morgan fingerprint density at radius 3 is 2.76 bits per heavy atom. The van der Waals surface area contributed by atoms with Crippen molar-refractivity contribution in [1.29, 1.82) is 0 Å². The molecule has 7 heteroatoms. The number of carboxylic acids is 1. The SMILES string of the molecule is CC1SCC(C(=O)O)N1C(=O)N(C)CCc1ccncc1. The number of amides is 2. The van der Waals surface area contributed by atoms with Crippen LogP contribution in [0, 0.1) is 0 Å². The van der Waals surface area contributed by atoms with Crippen molar-refractivity contribution < 1.29 is 14.7 Å². The molecule has 6 nitrogen and oxygen atoms in total. The van der Waals surface area contributed by atoms with Gasteiger partial charge < -0.3 is 10.0 Å². The Morgan fingerprint density at radius 1 is 1.48 bits per heavy atom. The van der Waals surface area contributed by atoms with Crippen LogP contribution in [-0.2, 0) is 11.2 Å². The molecule has 1 saturated heterocycles. The van der Waals surface area contributed by atoms with Crippen LogP contribution in [0.5, 0.6) is 0 Å². The fourth-order valence-electron chi connectivity index (χ4n) is 2.26. The normalized spacial score (nSPS) is 21.3. The van der Waals surface area contributed by atoms with E-state index in [2.05, 4.69) is 4.98 Å². The number of likely N-dealkylation sites (N-methyl/N-ethyl adjacent to an activating group) is 1. The first kappa shape index (κ1) is 15.6. The lowest BCUT2D eigenvalue weighted by molar-refractivity contribution is -0.141. The molecule has 1 N–H and O–H groups in total. The second kappa shape index (κ2) is 6.80. The predicted molar refractivity (Wildman–Crippen MR) is 81.1 cm³/mol. The van der Waals surface area contributed by atoms with Gasteiger partial charge in [0.05, 0.1) is 5.37 Å². The number of thioether (sulfide) groups is 1. The molecule has 0 radical (unpaired) electrons. The second-order valence-electron chi connectivity index (χ2n) is 5.00. The van der Waals surface area contributed by atoms with Crippen LogP contribution in [0.4, 0.5) is 4.79 Å². The molecule has 21 heavy (non-hydrogen) atoms. The number of hydrogen-bond acceptors (Lipinski definition) is 4. The minimum atomic E-state index is -0.942. The van der Waals surface area contributed by atoms with Crippen molar-refractivity contribution in [3.63, 3.8) is 0 Å². The first-order valence-electron chi connectivity index (χ1n) is 6.77. The quantitative estimate of drug-likeness (QED) is 0.913. The molecule has 2 unspecified atom stereocenters. The number of hydrogen-bond donors (Lipinski definition) is 1. The van der Waals surface area contributed by atoms with Gasteiger partial charge in [0.15, 0.2) is 0 Å². The van der Waals surface area contributed by atoms with Crippen molar-refractivity contribution in [1.82, 2.24) is 14.8 Å². The number of pyridine rings is 1. The van der Waals surface area contributed by atoms with E-state index in [0.717, 1.165) is 12.0 Å². The van der Waals surface area contributed by atoms with Gasteiger partial charge in [0.2, 0.25) is 0 Å². The average Bonchev–Trinajstić information content (AvgIpc) is 2.87. The summed E-state index contributed by atoms with van der Waals surface area (Å²) in [5.41, 5.74) is 1.10. The summed E-state index contributed by atoms with van der Waals surface area (Å²) >= 11 is 1.49. The van der Waals surface area contributed by atoms with E-state index in [0.29, 0.717) is 12.3 Å². The largest absolute Gasteiger partial charge is 0.480 e. The van der Waals surface area contributed by atoms with Crippen molar-refractivity contribution in [2.45, 2.75) is 24.8 Å². The van der Waals surface area contributed by atoms with E-state index < -0.39 is 12.0 Å². The van der Waals surface area contributed by atoms with Crippen molar-refractivity contribution in [3.8, 4) is 0 Å². The Hall–Kier alpha value is -1.76. The maximum absolute atomic E-state index is 12.5. The number of rotatable bonds is 4. The van der Waals surface area contributed by atoms with E-state index in [-0.39, 0.29) is 11.4 Å². The third-order valence-electron chi connectivity index (χ3n) is 3.54. The highest BCUT2D eigenvalue weighted by Gasteiger charge is 2.40. The molecule has 0 aromatic carbocycles. The molecule has 1 aliphatic rings. The molecule has 1 aromatic heterocycles. The molecule has 1 aliphatic heterocycles. The third kappa shape index (κ3) is 3.66. The van der Waals surface area contributed by atoms with Gasteiger partial charge in [-0.25, -0.2) is 9.59 Å². The number of aliphatic carboxylic acids is 1. The van der Waals surface area contributed by atoms with E-state index in [1.54, 1.807) is 24.3 Å². The van der Waals surface area contributed by atoms with E-state index >= 15 is 0 Å². The molecular weight excluding hydrogens is 290 g/mol. The summed E-state index contributed by atoms with van der Waals surface area (Å²) in [5.74, 6) is -0.497. The van der Waals surface area contributed by atoms with Gasteiger partial charge in [0.1, 0.15) is 6.04 Å². The number of urea groups is 1.